The first-order chi connectivity index (χ1) is 9.81. The van der Waals surface area contributed by atoms with Crippen molar-refractivity contribution in [2.24, 2.45) is 0 Å². The first-order valence-corrected chi connectivity index (χ1v) is 6.48. The Kier molecular flexibility index (Phi) is 3.73. The van der Waals surface area contributed by atoms with E-state index < -0.39 is 0 Å². The summed E-state index contributed by atoms with van der Waals surface area (Å²) in [4.78, 5) is 10.6. The van der Waals surface area contributed by atoms with Crippen LogP contribution in [0.25, 0.3) is 0 Å². The summed E-state index contributed by atoms with van der Waals surface area (Å²) < 4.78 is 18.2. The molecule has 0 saturated carbocycles. The van der Waals surface area contributed by atoms with E-state index >= 15 is 0 Å². The zero-order valence-corrected chi connectivity index (χ0v) is 10.9. The molecule has 1 saturated heterocycles. The van der Waals surface area contributed by atoms with Crippen LogP contribution in [-0.2, 0) is 4.74 Å². The van der Waals surface area contributed by atoms with Gasteiger partial charge in [0.1, 0.15) is 23.8 Å². The molecule has 2 aromatic rings. The molecule has 1 aliphatic rings. The number of benzene rings is 1. The minimum atomic E-state index is -0.257. The molecule has 0 atom stereocenters. The lowest BCUT2D eigenvalue weighted by Gasteiger charge is -2.27. The van der Waals surface area contributed by atoms with Crippen LogP contribution in [0.4, 0.5) is 21.7 Å². The second-order valence-corrected chi connectivity index (χ2v) is 4.49. The van der Waals surface area contributed by atoms with Crippen LogP contribution in [0, 0.1) is 5.82 Å². The maximum Gasteiger partial charge on any atom is 0.135 e. The van der Waals surface area contributed by atoms with Crippen LogP contribution in [0.5, 0.6) is 0 Å². The summed E-state index contributed by atoms with van der Waals surface area (Å²) in [5, 5.41) is 3.13. The Morgan fingerprint density at radius 2 is 1.85 bits per heavy atom. The fourth-order valence-corrected chi connectivity index (χ4v) is 2.06. The maximum atomic E-state index is 12.9. The average Bonchev–Trinajstić information content (AvgIpc) is 2.51. The summed E-state index contributed by atoms with van der Waals surface area (Å²) in [6.07, 6.45) is 1.52. The molecular formula is C14H15FN4O. The van der Waals surface area contributed by atoms with Crippen molar-refractivity contribution < 1.29 is 9.13 Å². The molecule has 1 aromatic carbocycles. The number of nitrogens with one attached hydrogen (secondary N) is 1. The summed E-state index contributed by atoms with van der Waals surface area (Å²) in [7, 11) is 0. The molecule has 20 heavy (non-hydrogen) atoms. The highest BCUT2D eigenvalue weighted by molar-refractivity contribution is 5.59. The Bertz CT molecular complexity index is 570. The molecule has 0 radical (unpaired) electrons. The van der Waals surface area contributed by atoms with Gasteiger partial charge in [0.25, 0.3) is 0 Å². The standard InChI is InChI=1S/C14H15FN4O/c15-11-1-3-12(4-2-11)18-13-9-14(17-10-16-13)19-5-7-20-8-6-19/h1-4,9-10H,5-8H2,(H,16,17,18). The minimum Gasteiger partial charge on any atom is -0.378 e. The minimum absolute atomic E-state index is 0.257. The lowest BCUT2D eigenvalue weighted by atomic mass is 10.3. The van der Waals surface area contributed by atoms with E-state index in [0.29, 0.717) is 19.0 Å². The smallest absolute Gasteiger partial charge is 0.135 e. The van der Waals surface area contributed by atoms with Crippen LogP contribution in [0.2, 0.25) is 0 Å². The molecule has 1 aliphatic heterocycles. The SMILES string of the molecule is Fc1ccc(Nc2cc(N3CCOCC3)ncn2)cc1. The van der Waals surface area contributed by atoms with Crippen molar-refractivity contribution in [3.8, 4) is 0 Å². The summed E-state index contributed by atoms with van der Waals surface area (Å²) >= 11 is 0. The molecule has 1 fully saturated rings. The van der Waals surface area contributed by atoms with E-state index in [4.69, 9.17) is 4.74 Å². The zero-order chi connectivity index (χ0) is 13.8. The molecule has 5 nitrogen and oxygen atoms in total. The van der Waals surface area contributed by atoms with Crippen molar-refractivity contribution in [2.75, 3.05) is 36.5 Å². The Morgan fingerprint density at radius 3 is 2.60 bits per heavy atom. The van der Waals surface area contributed by atoms with E-state index in [0.717, 1.165) is 24.6 Å². The molecule has 1 aromatic heterocycles. The highest BCUT2D eigenvalue weighted by atomic mass is 19.1. The van der Waals surface area contributed by atoms with Gasteiger partial charge in [-0.05, 0) is 24.3 Å². The highest BCUT2D eigenvalue weighted by Gasteiger charge is 2.12. The van der Waals surface area contributed by atoms with Crippen LogP contribution >= 0.6 is 0 Å². The molecule has 1 N–H and O–H groups in total. The Morgan fingerprint density at radius 1 is 1.10 bits per heavy atom. The Hall–Kier alpha value is -2.21. The Balaban J connectivity index is 1.75. The summed E-state index contributed by atoms with van der Waals surface area (Å²) in [6.45, 7) is 3.08. The molecule has 0 unspecified atom stereocenters. The summed E-state index contributed by atoms with van der Waals surface area (Å²) in [5.74, 6) is 1.30. The van der Waals surface area contributed by atoms with E-state index in [1.807, 2.05) is 6.07 Å². The number of anilines is 3. The first kappa shape index (κ1) is 12.8. The van der Waals surface area contributed by atoms with Gasteiger partial charge >= 0.3 is 0 Å². The van der Waals surface area contributed by atoms with Gasteiger partial charge in [-0.25, -0.2) is 14.4 Å². The van der Waals surface area contributed by atoms with Crippen LogP contribution in [-0.4, -0.2) is 36.3 Å². The predicted octanol–water partition coefficient (Wildman–Crippen LogP) is 2.20. The molecule has 104 valence electrons. The fourth-order valence-electron chi connectivity index (χ4n) is 2.06. The second kappa shape index (κ2) is 5.83. The third-order valence-electron chi connectivity index (χ3n) is 3.10. The van der Waals surface area contributed by atoms with Gasteiger partial charge in [-0.2, -0.15) is 0 Å². The molecule has 6 heteroatoms. The molecular weight excluding hydrogens is 259 g/mol. The van der Waals surface area contributed by atoms with Gasteiger partial charge in [0.15, 0.2) is 0 Å². The van der Waals surface area contributed by atoms with Crippen molar-refractivity contribution in [1.82, 2.24) is 9.97 Å². The van der Waals surface area contributed by atoms with Gasteiger partial charge in [0.05, 0.1) is 13.2 Å². The van der Waals surface area contributed by atoms with Crippen LogP contribution in [0.1, 0.15) is 0 Å². The molecule has 0 spiro atoms. The van der Waals surface area contributed by atoms with Gasteiger partial charge in [0.2, 0.25) is 0 Å². The van der Waals surface area contributed by atoms with E-state index in [1.165, 1.54) is 18.5 Å². The van der Waals surface area contributed by atoms with Crippen LogP contribution in [0.3, 0.4) is 0 Å². The van der Waals surface area contributed by atoms with Crippen molar-refractivity contribution in [2.45, 2.75) is 0 Å². The van der Waals surface area contributed by atoms with E-state index in [2.05, 4.69) is 20.2 Å². The van der Waals surface area contributed by atoms with Crippen molar-refractivity contribution in [3.05, 3.63) is 42.5 Å². The van der Waals surface area contributed by atoms with Gasteiger partial charge < -0.3 is 15.0 Å². The number of hydrogen-bond donors (Lipinski definition) is 1. The number of morpholine rings is 1. The van der Waals surface area contributed by atoms with Crippen LogP contribution in [0.15, 0.2) is 36.7 Å². The number of aromatic nitrogens is 2. The molecule has 2 heterocycles. The molecule has 0 amide bonds. The third-order valence-corrected chi connectivity index (χ3v) is 3.10. The second-order valence-electron chi connectivity index (χ2n) is 4.49. The van der Waals surface area contributed by atoms with E-state index in [1.54, 1.807) is 12.1 Å². The van der Waals surface area contributed by atoms with E-state index in [9.17, 15) is 4.39 Å². The number of hydrogen-bond acceptors (Lipinski definition) is 5. The summed E-state index contributed by atoms with van der Waals surface area (Å²) in [5.41, 5.74) is 0.790. The van der Waals surface area contributed by atoms with Gasteiger partial charge in [-0.3, -0.25) is 0 Å². The number of halogens is 1. The highest BCUT2D eigenvalue weighted by Crippen LogP contribution is 2.19. The lowest BCUT2D eigenvalue weighted by molar-refractivity contribution is 0.122. The number of ether oxygens (including phenoxy) is 1. The van der Waals surface area contributed by atoms with Crippen molar-refractivity contribution in [1.29, 1.82) is 0 Å². The third kappa shape index (κ3) is 3.03. The maximum absolute atomic E-state index is 12.9. The number of rotatable bonds is 3. The molecule has 3 rings (SSSR count). The van der Waals surface area contributed by atoms with E-state index in [-0.39, 0.29) is 5.82 Å². The van der Waals surface area contributed by atoms with Crippen LogP contribution < -0.4 is 10.2 Å². The first-order valence-electron chi connectivity index (χ1n) is 6.48. The van der Waals surface area contributed by atoms with Gasteiger partial charge in [-0.1, -0.05) is 0 Å². The summed E-state index contributed by atoms with van der Waals surface area (Å²) in [6, 6.07) is 8.05. The molecule has 0 bridgehead atoms. The monoisotopic (exact) mass is 274 g/mol. The topological polar surface area (TPSA) is 50.3 Å². The van der Waals surface area contributed by atoms with Crippen molar-refractivity contribution >= 4 is 17.3 Å². The Labute approximate surface area is 116 Å². The fraction of sp³-hybridized carbons (Fsp3) is 0.286. The predicted molar refractivity (Wildman–Crippen MR) is 74.7 cm³/mol. The average molecular weight is 274 g/mol. The molecule has 0 aliphatic carbocycles. The lowest BCUT2D eigenvalue weighted by Crippen LogP contribution is -2.36. The van der Waals surface area contributed by atoms with Gasteiger partial charge in [0, 0.05) is 24.8 Å². The largest absolute Gasteiger partial charge is 0.378 e. The van der Waals surface area contributed by atoms with Gasteiger partial charge in [-0.15, -0.1) is 0 Å². The van der Waals surface area contributed by atoms with Crippen molar-refractivity contribution in [3.63, 3.8) is 0 Å². The normalized spacial score (nSPS) is 15.2. The number of nitrogens with zero attached hydrogens (tertiary/aromatic N) is 3. The quantitative estimate of drug-likeness (QED) is 0.929. The zero-order valence-electron chi connectivity index (χ0n) is 10.9.